The van der Waals surface area contributed by atoms with Crippen LogP contribution in [0.1, 0.15) is 6.92 Å². The number of nitrogens with two attached hydrogens (primary N) is 1. The molecule has 0 saturated carbocycles. The number of hydrogen-bond acceptors (Lipinski definition) is 6. The molecule has 0 unspecified atom stereocenters. The van der Waals surface area contributed by atoms with E-state index in [4.69, 9.17) is 26.8 Å². The van der Waals surface area contributed by atoms with E-state index in [0.29, 0.717) is 24.8 Å². The molecule has 196 valence electrons. The molecule has 11 heteroatoms. The highest BCUT2D eigenvalue weighted by Gasteiger charge is 2.12. The number of ether oxygens (including phenoxy) is 2. The topological polar surface area (TPSA) is 109 Å². The smallest absolute Gasteiger partial charge is 0.221 e. The molecule has 9 nitrogen and oxygen atoms in total. The molecule has 0 radical (unpaired) electrons. The minimum absolute atomic E-state index is 0.102. The molecular weight excluding hydrogens is 560 g/mol. The lowest BCUT2D eigenvalue weighted by Gasteiger charge is -2.13. The van der Waals surface area contributed by atoms with Gasteiger partial charge in [0.05, 0.1) is 23.9 Å². The van der Waals surface area contributed by atoms with Crippen LogP contribution < -0.4 is 20.5 Å². The number of anilines is 2. The Morgan fingerprint density at radius 3 is 2.03 bits per heavy atom. The third-order valence-electron chi connectivity index (χ3n) is 5.17. The first kappa shape index (κ1) is 28.1. The van der Waals surface area contributed by atoms with E-state index < -0.39 is 0 Å². The van der Waals surface area contributed by atoms with Crippen molar-refractivity contribution in [3.8, 4) is 34.0 Å². The second-order valence-electron chi connectivity index (χ2n) is 7.90. The number of carbonyl (C=O) groups excluding carboxylic acids is 1. The molecule has 4 rings (SSSR count). The normalized spacial score (nSPS) is 10.4. The summed E-state index contributed by atoms with van der Waals surface area (Å²) in [5.41, 5.74) is 10.9. The lowest BCUT2D eigenvalue weighted by molar-refractivity contribution is -0.114. The van der Waals surface area contributed by atoms with Crippen LogP contribution in [0.2, 0.25) is 0 Å². The number of amides is 1. The van der Waals surface area contributed by atoms with Gasteiger partial charge < -0.3 is 20.5 Å². The van der Waals surface area contributed by atoms with Crippen molar-refractivity contribution < 1.29 is 14.3 Å². The Labute approximate surface area is 229 Å². The molecule has 2 aromatic carbocycles. The number of carbonyl (C=O) groups is 1. The molecule has 0 aliphatic rings. The molecule has 3 N–H and O–H groups in total. The minimum Gasteiger partial charge on any atom is -0.492 e. The van der Waals surface area contributed by atoms with Gasteiger partial charge >= 0.3 is 0 Å². The third kappa shape index (κ3) is 7.74. The monoisotopic (exact) mass is 588 g/mol. The maximum Gasteiger partial charge on any atom is 0.221 e. The average Bonchev–Trinajstić information content (AvgIpc) is 3.50. The fourth-order valence-electron chi connectivity index (χ4n) is 3.58. The van der Waals surface area contributed by atoms with E-state index in [9.17, 15) is 4.79 Å². The van der Waals surface area contributed by atoms with Gasteiger partial charge in [0.1, 0.15) is 18.1 Å². The Morgan fingerprint density at radius 1 is 0.946 bits per heavy atom. The molecule has 1 amide bonds. The Bertz CT molecular complexity index is 1320. The van der Waals surface area contributed by atoms with Gasteiger partial charge in [0.25, 0.3) is 0 Å². The fourth-order valence-corrected chi connectivity index (χ4v) is 3.82. The van der Waals surface area contributed by atoms with Crippen LogP contribution in [-0.2, 0) is 18.9 Å². The SMILES string of the molecule is CC(=O)Nc1ccc(OCCBr)c(-c2ccnn2C)c1.Cn1nccc1-c1cc(N)ccc1OCCCl. The van der Waals surface area contributed by atoms with Crippen molar-refractivity contribution in [2.45, 2.75) is 6.92 Å². The van der Waals surface area contributed by atoms with Crippen LogP contribution in [0.3, 0.4) is 0 Å². The summed E-state index contributed by atoms with van der Waals surface area (Å²) in [6.45, 7) is 2.53. The Balaban J connectivity index is 0.000000208. The average molecular weight is 590 g/mol. The molecule has 0 saturated heterocycles. The summed E-state index contributed by atoms with van der Waals surface area (Å²) >= 11 is 8.97. The third-order valence-corrected chi connectivity index (χ3v) is 5.64. The van der Waals surface area contributed by atoms with E-state index in [2.05, 4.69) is 31.4 Å². The van der Waals surface area contributed by atoms with Crippen molar-refractivity contribution >= 4 is 44.8 Å². The first-order chi connectivity index (χ1) is 17.8. The highest BCUT2D eigenvalue weighted by atomic mass is 79.9. The Kier molecular flexibility index (Phi) is 10.4. The van der Waals surface area contributed by atoms with Crippen LogP contribution in [0.4, 0.5) is 11.4 Å². The van der Waals surface area contributed by atoms with Crippen molar-refractivity contribution in [3.63, 3.8) is 0 Å². The predicted octanol–water partition coefficient (Wildman–Crippen LogP) is 5.11. The predicted molar refractivity (Wildman–Crippen MR) is 152 cm³/mol. The van der Waals surface area contributed by atoms with E-state index in [0.717, 1.165) is 45.0 Å². The first-order valence-electron chi connectivity index (χ1n) is 11.5. The van der Waals surface area contributed by atoms with Gasteiger partial charge in [-0.3, -0.25) is 14.2 Å². The molecule has 0 atom stereocenters. The summed E-state index contributed by atoms with van der Waals surface area (Å²) in [7, 11) is 3.75. The van der Waals surface area contributed by atoms with Crippen molar-refractivity contribution in [1.82, 2.24) is 19.6 Å². The summed E-state index contributed by atoms with van der Waals surface area (Å²) in [4.78, 5) is 11.2. The molecule has 37 heavy (non-hydrogen) atoms. The van der Waals surface area contributed by atoms with Crippen molar-refractivity contribution in [3.05, 3.63) is 60.9 Å². The van der Waals surface area contributed by atoms with Crippen molar-refractivity contribution in [2.75, 3.05) is 35.5 Å². The minimum atomic E-state index is -0.102. The van der Waals surface area contributed by atoms with Gasteiger partial charge in [-0.15, -0.1) is 11.6 Å². The number of rotatable bonds is 9. The summed E-state index contributed by atoms with van der Waals surface area (Å²) in [5, 5.41) is 11.8. The lowest BCUT2D eigenvalue weighted by Crippen LogP contribution is -2.07. The van der Waals surface area contributed by atoms with E-state index in [1.54, 1.807) is 21.8 Å². The van der Waals surface area contributed by atoms with E-state index in [-0.39, 0.29) is 5.91 Å². The second kappa shape index (κ2) is 13.7. The van der Waals surface area contributed by atoms with Gasteiger partial charge in [0, 0.05) is 61.2 Å². The number of nitrogens with zero attached hydrogens (tertiary/aromatic N) is 4. The largest absolute Gasteiger partial charge is 0.492 e. The molecule has 4 aromatic rings. The van der Waals surface area contributed by atoms with Crippen LogP contribution in [0.25, 0.3) is 22.5 Å². The summed E-state index contributed by atoms with van der Waals surface area (Å²) in [6, 6.07) is 14.9. The van der Waals surface area contributed by atoms with Crippen molar-refractivity contribution in [1.29, 1.82) is 0 Å². The fraction of sp³-hybridized carbons (Fsp3) is 0.269. The van der Waals surface area contributed by atoms with E-state index >= 15 is 0 Å². The van der Waals surface area contributed by atoms with Crippen molar-refractivity contribution in [2.24, 2.45) is 14.1 Å². The Morgan fingerprint density at radius 2 is 1.51 bits per heavy atom. The summed E-state index contributed by atoms with van der Waals surface area (Å²) in [6.07, 6.45) is 3.47. The molecule has 0 aliphatic carbocycles. The van der Waals surface area contributed by atoms with Gasteiger partial charge in [0.15, 0.2) is 0 Å². The highest BCUT2D eigenvalue weighted by Crippen LogP contribution is 2.33. The molecule has 2 aromatic heterocycles. The quantitative estimate of drug-likeness (QED) is 0.208. The summed E-state index contributed by atoms with van der Waals surface area (Å²) in [5.74, 6) is 1.88. The second-order valence-corrected chi connectivity index (χ2v) is 9.07. The molecule has 0 bridgehead atoms. The van der Waals surface area contributed by atoms with Crippen LogP contribution in [0.15, 0.2) is 60.9 Å². The number of aryl methyl sites for hydroxylation is 2. The summed E-state index contributed by atoms with van der Waals surface area (Å²) < 4.78 is 14.9. The van der Waals surface area contributed by atoms with Gasteiger partial charge in [0.2, 0.25) is 5.91 Å². The zero-order valence-corrected chi connectivity index (χ0v) is 23.3. The van der Waals surface area contributed by atoms with Gasteiger partial charge in [-0.1, -0.05) is 15.9 Å². The van der Waals surface area contributed by atoms with Crippen LogP contribution >= 0.6 is 27.5 Å². The van der Waals surface area contributed by atoms with Crippen LogP contribution in [-0.4, -0.2) is 49.9 Å². The van der Waals surface area contributed by atoms with E-state index in [1.165, 1.54) is 6.92 Å². The molecular formula is C26H30BrClN6O3. The number of halogens is 2. The number of alkyl halides is 2. The number of hydrogen-bond donors (Lipinski definition) is 2. The van der Waals surface area contributed by atoms with Gasteiger partial charge in [-0.25, -0.2) is 0 Å². The van der Waals surface area contributed by atoms with E-state index in [1.807, 2.05) is 62.6 Å². The molecule has 0 fully saturated rings. The van der Waals surface area contributed by atoms with Gasteiger partial charge in [-0.05, 0) is 48.5 Å². The lowest BCUT2D eigenvalue weighted by atomic mass is 10.1. The number of nitrogen functional groups attached to an aromatic ring is 1. The number of benzene rings is 2. The molecule has 0 aliphatic heterocycles. The first-order valence-corrected chi connectivity index (χ1v) is 13.1. The maximum atomic E-state index is 11.2. The Hall–Kier alpha value is -3.50. The number of nitrogens with one attached hydrogen (secondary N) is 1. The van der Waals surface area contributed by atoms with Crippen LogP contribution in [0.5, 0.6) is 11.5 Å². The molecule has 0 spiro atoms. The standard InChI is InChI=1S/C14H16BrN3O2.C12H14ClN3O/c1-10(19)17-11-3-4-14(20-8-6-15)12(9-11)13-5-7-16-18(13)2;1-16-11(4-6-15-16)10-8-9(14)2-3-12(10)17-7-5-13/h3-5,7,9H,6,8H2,1-2H3,(H,17,19);2-4,6,8H,5,7,14H2,1H3. The van der Waals surface area contributed by atoms with Gasteiger partial charge in [-0.2, -0.15) is 10.2 Å². The zero-order chi connectivity index (χ0) is 26.8. The highest BCUT2D eigenvalue weighted by molar-refractivity contribution is 9.09. The zero-order valence-electron chi connectivity index (χ0n) is 20.9. The maximum absolute atomic E-state index is 11.2. The number of aromatic nitrogens is 4. The van der Waals surface area contributed by atoms with Crippen LogP contribution in [0, 0.1) is 0 Å². The molecule has 2 heterocycles.